The summed E-state index contributed by atoms with van der Waals surface area (Å²) < 4.78 is 4.26. The second-order valence-corrected chi connectivity index (χ2v) is 4.76. The highest BCUT2D eigenvalue weighted by atomic mass is 15.0. The van der Waals surface area contributed by atoms with E-state index in [1.807, 2.05) is 18.7 Å². The standard InChI is InChI=1S/C15H18N4/c1-18-11-13(14-4-2-3-5-15(14)18)10-16-6-8-19-9-7-17-12-19/h2-5,7,9,11-12,16H,6,8,10H2,1H3. The lowest BCUT2D eigenvalue weighted by molar-refractivity contribution is 0.598. The van der Waals surface area contributed by atoms with E-state index in [1.54, 1.807) is 0 Å². The first-order valence-electron chi connectivity index (χ1n) is 6.54. The summed E-state index contributed by atoms with van der Waals surface area (Å²) in [6.07, 6.45) is 7.85. The van der Waals surface area contributed by atoms with Gasteiger partial charge in [0.2, 0.25) is 0 Å². The maximum Gasteiger partial charge on any atom is 0.0946 e. The Hall–Kier alpha value is -2.07. The SMILES string of the molecule is Cn1cc(CNCCn2ccnc2)c2ccccc21. The first-order valence-corrected chi connectivity index (χ1v) is 6.54. The van der Waals surface area contributed by atoms with Gasteiger partial charge in [0, 0.05) is 56.2 Å². The number of rotatable bonds is 5. The van der Waals surface area contributed by atoms with Crippen LogP contribution in [0, 0.1) is 0 Å². The number of imidazole rings is 1. The van der Waals surface area contributed by atoms with Gasteiger partial charge in [0.25, 0.3) is 0 Å². The Morgan fingerprint density at radius 2 is 2.16 bits per heavy atom. The van der Waals surface area contributed by atoms with Crippen LogP contribution in [0.3, 0.4) is 0 Å². The van der Waals surface area contributed by atoms with Gasteiger partial charge >= 0.3 is 0 Å². The topological polar surface area (TPSA) is 34.8 Å². The summed E-state index contributed by atoms with van der Waals surface area (Å²) in [5.74, 6) is 0. The van der Waals surface area contributed by atoms with Crippen LogP contribution in [0.5, 0.6) is 0 Å². The normalized spacial score (nSPS) is 11.2. The number of aromatic nitrogens is 3. The zero-order valence-corrected chi connectivity index (χ0v) is 11.1. The number of para-hydroxylation sites is 1. The first kappa shape index (κ1) is 12.0. The van der Waals surface area contributed by atoms with Gasteiger partial charge in [-0.05, 0) is 11.6 Å². The summed E-state index contributed by atoms with van der Waals surface area (Å²) in [7, 11) is 2.09. The van der Waals surface area contributed by atoms with Crippen molar-refractivity contribution in [1.29, 1.82) is 0 Å². The third-order valence-electron chi connectivity index (χ3n) is 3.40. The zero-order valence-electron chi connectivity index (χ0n) is 11.1. The van der Waals surface area contributed by atoms with E-state index in [1.165, 1.54) is 16.5 Å². The van der Waals surface area contributed by atoms with E-state index in [-0.39, 0.29) is 0 Å². The van der Waals surface area contributed by atoms with Gasteiger partial charge in [0.05, 0.1) is 6.33 Å². The summed E-state index contributed by atoms with van der Waals surface area (Å²) in [4.78, 5) is 4.04. The van der Waals surface area contributed by atoms with Crippen LogP contribution in [0.2, 0.25) is 0 Å². The number of nitrogens with zero attached hydrogens (tertiary/aromatic N) is 3. The van der Waals surface area contributed by atoms with Crippen LogP contribution in [0.1, 0.15) is 5.56 Å². The number of hydrogen-bond acceptors (Lipinski definition) is 2. The zero-order chi connectivity index (χ0) is 13.1. The molecule has 2 aromatic heterocycles. The van der Waals surface area contributed by atoms with Gasteiger partial charge in [0.15, 0.2) is 0 Å². The monoisotopic (exact) mass is 254 g/mol. The Labute approximate surface area is 112 Å². The molecule has 3 rings (SSSR count). The smallest absolute Gasteiger partial charge is 0.0946 e. The molecule has 0 saturated heterocycles. The number of fused-ring (bicyclic) bond motifs is 1. The largest absolute Gasteiger partial charge is 0.350 e. The molecule has 0 atom stereocenters. The van der Waals surface area contributed by atoms with Crippen molar-refractivity contribution in [3.8, 4) is 0 Å². The highest BCUT2D eigenvalue weighted by Gasteiger charge is 2.04. The molecule has 1 N–H and O–H groups in total. The summed E-state index contributed by atoms with van der Waals surface area (Å²) in [5.41, 5.74) is 2.64. The second-order valence-electron chi connectivity index (χ2n) is 4.76. The fourth-order valence-corrected chi connectivity index (χ4v) is 2.42. The van der Waals surface area contributed by atoms with Gasteiger partial charge in [-0.2, -0.15) is 0 Å². The second kappa shape index (κ2) is 5.28. The molecule has 0 aliphatic rings. The first-order chi connectivity index (χ1) is 9.34. The number of aryl methyl sites for hydroxylation is 1. The van der Waals surface area contributed by atoms with E-state index in [9.17, 15) is 0 Å². The number of benzene rings is 1. The molecule has 2 heterocycles. The fraction of sp³-hybridized carbons (Fsp3) is 0.267. The van der Waals surface area contributed by atoms with Crippen molar-refractivity contribution < 1.29 is 0 Å². The van der Waals surface area contributed by atoms with Crippen molar-refractivity contribution in [2.24, 2.45) is 7.05 Å². The number of nitrogens with one attached hydrogen (secondary N) is 1. The molecular weight excluding hydrogens is 236 g/mol. The Balaban J connectivity index is 1.62. The Morgan fingerprint density at radius 3 is 3.00 bits per heavy atom. The number of hydrogen-bond donors (Lipinski definition) is 1. The summed E-state index contributed by atoms with van der Waals surface area (Å²) in [6.45, 7) is 2.79. The van der Waals surface area contributed by atoms with Crippen LogP contribution in [0.4, 0.5) is 0 Å². The molecule has 1 aromatic carbocycles. The van der Waals surface area contributed by atoms with E-state index >= 15 is 0 Å². The molecule has 19 heavy (non-hydrogen) atoms. The van der Waals surface area contributed by atoms with Crippen molar-refractivity contribution in [1.82, 2.24) is 19.4 Å². The van der Waals surface area contributed by atoms with Crippen molar-refractivity contribution in [2.75, 3.05) is 6.54 Å². The molecule has 4 heteroatoms. The Bertz CT molecular complexity index is 652. The predicted octanol–water partition coefficient (Wildman–Crippen LogP) is 2.16. The highest BCUT2D eigenvalue weighted by Crippen LogP contribution is 2.19. The molecule has 0 saturated carbocycles. The van der Waals surface area contributed by atoms with Crippen molar-refractivity contribution in [3.05, 3.63) is 54.7 Å². The van der Waals surface area contributed by atoms with E-state index in [2.05, 4.69) is 56.9 Å². The van der Waals surface area contributed by atoms with Gasteiger partial charge in [-0.15, -0.1) is 0 Å². The molecule has 0 radical (unpaired) electrons. The quantitative estimate of drug-likeness (QED) is 0.708. The third kappa shape index (κ3) is 2.53. The van der Waals surface area contributed by atoms with Crippen LogP contribution >= 0.6 is 0 Å². The minimum absolute atomic E-state index is 0.899. The van der Waals surface area contributed by atoms with Crippen LogP contribution < -0.4 is 5.32 Å². The third-order valence-corrected chi connectivity index (χ3v) is 3.40. The lowest BCUT2D eigenvalue weighted by Gasteiger charge is -2.04. The predicted molar refractivity (Wildman–Crippen MR) is 76.9 cm³/mol. The molecule has 0 bridgehead atoms. The van der Waals surface area contributed by atoms with Crippen molar-refractivity contribution >= 4 is 10.9 Å². The van der Waals surface area contributed by atoms with Gasteiger partial charge in [-0.3, -0.25) is 0 Å². The van der Waals surface area contributed by atoms with Gasteiger partial charge < -0.3 is 14.5 Å². The Morgan fingerprint density at radius 1 is 1.26 bits per heavy atom. The molecule has 3 aromatic rings. The van der Waals surface area contributed by atoms with Gasteiger partial charge in [-0.25, -0.2) is 4.98 Å². The minimum Gasteiger partial charge on any atom is -0.350 e. The lowest BCUT2D eigenvalue weighted by Crippen LogP contribution is -2.18. The maximum atomic E-state index is 4.04. The van der Waals surface area contributed by atoms with Crippen LogP contribution in [-0.2, 0) is 20.1 Å². The summed E-state index contributed by atoms with van der Waals surface area (Å²) in [6, 6.07) is 8.52. The van der Waals surface area contributed by atoms with Crippen LogP contribution in [-0.4, -0.2) is 20.7 Å². The average molecular weight is 254 g/mol. The van der Waals surface area contributed by atoms with Crippen LogP contribution in [0.25, 0.3) is 10.9 Å². The lowest BCUT2D eigenvalue weighted by atomic mass is 10.2. The molecular formula is C15H18N4. The fourth-order valence-electron chi connectivity index (χ4n) is 2.42. The van der Waals surface area contributed by atoms with E-state index in [0.29, 0.717) is 0 Å². The molecule has 0 unspecified atom stereocenters. The van der Waals surface area contributed by atoms with Crippen molar-refractivity contribution in [2.45, 2.75) is 13.1 Å². The molecule has 0 amide bonds. The van der Waals surface area contributed by atoms with E-state index in [4.69, 9.17) is 0 Å². The Kier molecular flexibility index (Phi) is 3.33. The molecule has 0 spiro atoms. The van der Waals surface area contributed by atoms with Crippen molar-refractivity contribution in [3.63, 3.8) is 0 Å². The average Bonchev–Trinajstić information content (AvgIpc) is 3.04. The molecule has 0 aliphatic heterocycles. The van der Waals surface area contributed by atoms with Gasteiger partial charge in [-0.1, -0.05) is 18.2 Å². The molecule has 98 valence electrons. The molecule has 0 aliphatic carbocycles. The van der Waals surface area contributed by atoms with E-state index in [0.717, 1.165) is 19.6 Å². The maximum absolute atomic E-state index is 4.04. The molecule has 4 nitrogen and oxygen atoms in total. The summed E-state index contributed by atoms with van der Waals surface area (Å²) >= 11 is 0. The summed E-state index contributed by atoms with van der Waals surface area (Å²) in [5, 5.41) is 4.82. The highest BCUT2D eigenvalue weighted by molar-refractivity contribution is 5.83. The minimum atomic E-state index is 0.899. The van der Waals surface area contributed by atoms with E-state index < -0.39 is 0 Å². The van der Waals surface area contributed by atoms with Gasteiger partial charge in [0.1, 0.15) is 0 Å². The molecule has 0 fully saturated rings. The van der Waals surface area contributed by atoms with Crippen LogP contribution in [0.15, 0.2) is 49.2 Å².